The lowest BCUT2D eigenvalue weighted by atomic mass is 10.1. The van der Waals surface area contributed by atoms with E-state index in [9.17, 15) is 14.0 Å². The van der Waals surface area contributed by atoms with E-state index in [1.165, 1.54) is 24.3 Å². The van der Waals surface area contributed by atoms with Gasteiger partial charge in [-0.1, -0.05) is 23.7 Å². The second-order valence-corrected chi connectivity index (χ2v) is 8.41. The minimum atomic E-state index is -0.399. The van der Waals surface area contributed by atoms with Gasteiger partial charge >= 0.3 is 0 Å². The molecular formula is C26H24ClFN2O4. The molecule has 3 aromatic rings. The number of anilines is 1. The van der Waals surface area contributed by atoms with Crippen LogP contribution in [0.3, 0.4) is 0 Å². The molecule has 0 aromatic heterocycles. The summed E-state index contributed by atoms with van der Waals surface area (Å²) in [6.07, 6.45) is 0.916. The van der Waals surface area contributed by atoms with Crippen LogP contribution in [0.2, 0.25) is 5.02 Å². The average molecular weight is 483 g/mol. The maximum absolute atomic E-state index is 13.0. The topological polar surface area (TPSA) is 76.7 Å². The normalized spacial score (nSPS) is 13.5. The van der Waals surface area contributed by atoms with Crippen LogP contribution in [0.25, 0.3) is 0 Å². The van der Waals surface area contributed by atoms with E-state index in [1.807, 2.05) is 19.1 Å². The van der Waals surface area contributed by atoms with Gasteiger partial charge in [0, 0.05) is 17.7 Å². The molecule has 1 atom stereocenters. The van der Waals surface area contributed by atoms with E-state index in [-0.39, 0.29) is 24.3 Å². The van der Waals surface area contributed by atoms with Gasteiger partial charge in [-0.25, -0.2) is 4.39 Å². The highest BCUT2D eigenvalue weighted by molar-refractivity contribution is 6.32. The lowest BCUT2D eigenvalue weighted by Gasteiger charge is -2.16. The second-order valence-electron chi connectivity index (χ2n) is 8.00. The van der Waals surface area contributed by atoms with Gasteiger partial charge in [0.25, 0.3) is 5.91 Å². The summed E-state index contributed by atoms with van der Waals surface area (Å²) in [5.41, 5.74) is 2.57. The van der Waals surface area contributed by atoms with Crippen LogP contribution in [0.1, 0.15) is 40.9 Å². The third-order valence-electron chi connectivity index (χ3n) is 5.38. The maximum Gasteiger partial charge on any atom is 0.255 e. The SMILES string of the molecule is CC(NC(=O)Cc1cc(Cl)c2c(c1)OCCCO2)c1ccc(NC(=O)c2ccc(F)cc2)cc1. The number of amides is 2. The summed E-state index contributed by atoms with van der Waals surface area (Å²) in [5.74, 6) is 0.182. The Hall–Kier alpha value is -3.58. The van der Waals surface area contributed by atoms with Crippen molar-refractivity contribution in [1.82, 2.24) is 5.32 Å². The Morgan fingerprint density at radius 1 is 1.03 bits per heavy atom. The van der Waals surface area contributed by atoms with Crippen LogP contribution in [0.5, 0.6) is 11.5 Å². The van der Waals surface area contributed by atoms with Gasteiger partial charge in [0.05, 0.1) is 30.7 Å². The Morgan fingerprint density at radius 2 is 1.74 bits per heavy atom. The van der Waals surface area contributed by atoms with Gasteiger partial charge in [-0.05, 0) is 66.6 Å². The number of hydrogen-bond acceptors (Lipinski definition) is 4. The van der Waals surface area contributed by atoms with Crippen LogP contribution in [0.15, 0.2) is 60.7 Å². The molecule has 3 aromatic carbocycles. The fourth-order valence-corrected chi connectivity index (χ4v) is 3.89. The molecule has 1 heterocycles. The van der Waals surface area contributed by atoms with Gasteiger partial charge in [0.1, 0.15) is 5.82 Å². The third-order valence-corrected chi connectivity index (χ3v) is 5.66. The van der Waals surface area contributed by atoms with Crippen molar-refractivity contribution in [3.63, 3.8) is 0 Å². The van der Waals surface area contributed by atoms with Crippen LogP contribution >= 0.6 is 11.6 Å². The van der Waals surface area contributed by atoms with Gasteiger partial charge in [-0.15, -0.1) is 0 Å². The second kappa shape index (κ2) is 10.6. The molecule has 6 nitrogen and oxygen atoms in total. The lowest BCUT2D eigenvalue weighted by molar-refractivity contribution is -0.121. The Labute approximate surface area is 202 Å². The number of carbonyl (C=O) groups is 2. The van der Waals surface area contributed by atoms with Gasteiger partial charge in [0.15, 0.2) is 11.5 Å². The van der Waals surface area contributed by atoms with Gasteiger partial charge in [0.2, 0.25) is 5.91 Å². The molecule has 1 aliphatic rings. The number of halogens is 2. The van der Waals surface area contributed by atoms with Crippen LogP contribution < -0.4 is 20.1 Å². The maximum atomic E-state index is 13.0. The van der Waals surface area contributed by atoms with E-state index in [4.69, 9.17) is 21.1 Å². The Morgan fingerprint density at radius 3 is 2.47 bits per heavy atom. The zero-order chi connectivity index (χ0) is 24.1. The van der Waals surface area contributed by atoms with Crippen molar-refractivity contribution in [2.24, 2.45) is 0 Å². The van der Waals surface area contributed by atoms with Crippen molar-refractivity contribution in [2.75, 3.05) is 18.5 Å². The molecule has 0 saturated carbocycles. The first-order valence-electron chi connectivity index (χ1n) is 10.9. The third kappa shape index (κ3) is 5.85. The molecule has 0 radical (unpaired) electrons. The molecule has 176 valence electrons. The number of fused-ring (bicyclic) bond motifs is 1. The predicted molar refractivity (Wildman–Crippen MR) is 128 cm³/mol. The van der Waals surface area contributed by atoms with Crippen molar-refractivity contribution < 1.29 is 23.5 Å². The highest BCUT2D eigenvalue weighted by atomic mass is 35.5. The molecule has 1 aliphatic heterocycles. The molecule has 1 unspecified atom stereocenters. The fourth-order valence-electron chi connectivity index (χ4n) is 3.61. The first kappa shape index (κ1) is 23.6. The Kier molecular flexibility index (Phi) is 7.33. The van der Waals surface area contributed by atoms with Crippen LogP contribution in [0, 0.1) is 5.82 Å². The number of ether oxygens (including phenoxy) is 2. The summed E-state index contributed by atoms with van der Waals surface area (Å²) < 4.78 is 24.3. The number of nitrogens with one attached hydrogen (secondary N) is 2. The van der Waals surface area contributed by atoms with E-state index < -0.39 is 5.82 Å². The number of benzene rings is 3. The molecule has 2 amide bonds. The van der Waals surface area contributed by atoms with Gasteiger partial charge < -0.3 is 20.1 Å². The summed E-state index contributed by atoms with van der Waals surface area (Å²) in [4.78, 5) is 24.9. The van der Waals surface area contributed by atoms with Crippen molar-refractivity contribution in [3.05, 3.63) is 88.2 Å². The van der Waals surface area contributed by atoms with E-state index in [1.54, 1.807) is 24.3 Å². The molecule has 0 bridgehead atoms. The van der Waals surface area contributed by atoms with Crippen molar-refractivity contribution in [2.45, 2.75) is 25.8 Å². The standard InChI is InChI=1S/C26H24ClFN2O4/c1-16(18-5-9-21(10-6-18)30-26(32)19-3-7-20(28)8-4-19)29-24(31)15-17-13-22(27)25-23(14-17)33-11-2-12-34-25/h3-10,13-14,16H,2,11-12,15H2,1H3,(H,29,31)(H,30,32). The zero-order valence-electron chi connectivity index (χ0n) is 18.6. The van der Waals surface area contributed by atoms with Crippen LogP contribution in [-0.4, -0.2) is 25.0 Å². The van der Waals surface area contributed by atoms with Crippen molar-refractivity contribution in [3.8, 4) is 11.5 Å². The zero-order valence-corrected chi connectivity index (χ0v) is 19.3. The van der Waals surface area contributed by atoms with Crippen LogP contribution in [0.4, 0.5) is 10.1 Å². The van der Waals surface area contributed by atoms with E-state index in [0.717, 1.165) is 17.5 Å². The molecule has 0 aliphatic carbocycles. The van der Waals surface area contributed by atoms with E-state index in [2.05, 4.69) is 10.6 Å². The summed E-state index contributed by atoms with van der Waals surface area (Å²) in [5, 5.41) is 6.16. The number of rotatable bonds is 6. The van der Waals surface area contributed by atoms with Crippen LogP contribution in [-0.2, 0) is 11.2 Å². The summed E-state index contributed by atoms with van der Waals surface area (Å²) in [6, 6.07) is 15.8. The first-order valence-corrected chi connectivity index (χ1v) is 11.3. The molecule has 0 saturated heterocycles. The minimum Gasteiger partial charge on any atom is -0.489 e. The molecule has 0 spiro atoms. The number of hydrogen-bond donors (Lipinski definition) is 2. The predicted octanol–water partition coefficient (Wildman–Crippen LogP) is 5.31. The number of carbonyl (C=O) groups excluding carboxylic acids is 2. The molecular weight excluding hydrogens is 459 g/mol. The monoisotopic (exact) mass is 482 g/mol. The van der Waals surface area contributed by atoms with Gasteiger partial charge in [-0.3, -0.25) is 9.59 Å². The first-order chi connectivity index (χ1) is 16.4. The highest BCUT2D eigenvalue weighted by Crippen LogP contribution is 2.38. The van der Waals surface area contributed by atoms with Crippen molar-refractivity contribution >= 4 is 29.1 Å². The molecule has 8 heteroatoms. The van der Waals surface area contributed by atoms with Crippen molar-refractivity contribution in [1.29, 1.82) is 0 Å². The molecule has 0 fully saturated rings. The average Bonchev–Trinajstić information content (AvgIpc) is 3.06. The molecule has 34 heavy (non-hydrogen) atoms. The summed E-state index contributed by atoms with van der Waals surface area (Å²) in [7, 11) is 0. The lowest BCUT2D eigenvalue weighted by Crippen LogP contribution is -2.28. The Balaban J connectivity index is 1.34. The largest absolute Gasteiger partial charge is 0.489 e. The van der Waals surface area contributed by atoms with E-state index >= 15 is 0 Å². The van der Waals surface area contributed by atoms with E-state index in [0.29, 0.717) is 41.0 Å². The smallest absolute Gasteiger partial charge is 0.255 e. The van der Waals surface area contributed by atoms with Gasteiger partial charge in [-0.2, -0.15) is 0 Å². The fraction of sp³-hybridized carbons (Fsp3) is 0.231. The molecule has 4 rings (SSSR count). The summed E-state index contributed by atoms with van der Waals surface area (Å²) in [6.45, 7) is 2.96. The molecule has 2 N–H and O–H groups in total. The Bertz CT molecular complexity index is 1180. The quantitative estimate of drug-likeness (QED) is 0.499. The highest BCUT2D eigenvalue weighted by Gasteiger charge is 2.18. The summed E-state index contributed by atoms with van der Waals surface area (Å²) >= 11 is 6.32. The minimum absolute atomic E-state index is 0.145.